The van der Waals surface area contributed by atoms with Crippen LogP contribution in [0.5, 0.6) is 0 Å². The molecule has 1 saturated heterocycles. The van der Waals surface area contributed by atoms with Crippen molar-refractivity contribution >= 4 is 17.4 Å². The van der Waals surface area contributed by atoms with Crippen molar-refractivity contribution < 1.29 is 14.3 Å². The summed E-state index contributed by atoms with van der Waals surface area (Å²) in [7, 11) is 1.62. The van der Waals surface area contributed by atoms with Crippen LogP contribution in [0.3, 0.4) is 0 Å². The summed E-state index contributed by atoms with van der Waals surface area (Å²) in [5, 5.41) is 0. The SMILES string of the molecule is COCc1cccc(N2CCC(=O)C2=O)c1. The van der Waals surface area contributed by atoms with Gasteiger partial charge in [-0.05, 0) is 17.7 Å². The summed E-state index contributed by atoms with van der Waals surface area (Å²) in [4.78, 5) is 24.2. The molecule has 2 rings (SSSR count). The highest BCUT2D eigenvalue weighted by molar-refractivity contribution is 6.43. The predicted molar refractivity (Wildman–Crippen MR) is 59.1 cm³/mol. The molecule has 0 saturated carbocycles. The summed E-state index contributed by atoms with van der Waals surface area (Å²) in [6.07, 6.45) is 0.313. The van der Waals surface area contributed by atoms with Crippen LogP contribution >= 0.6 is 0 Å². The number of anilines is 1. The lowest BCUT2D eigenvalue weighted by atomic mass is 10.2. The molecule has 0 radical (unpaired) electrons. The van der Waals surface area contributed by atoms with Crippen LogP contribution in [-0.4, -0.2) is 25.3 Å². The van der Waals surface area contributed by atoms with Crippen LogP contribution in [0.1, 0.15) is 12.0 Å². The molecule has 4 nitrogen and oxygen atoms in total. The van der Waals surface area contributed by atoms with Crippen molar-refractivity contribution in [3.63, 3.8) is 0 Å². The maximum atomic E-state index is 11.5. The number of hydrogen-bond acceptors (Lipinski definition) is 3. The van der Waals surface area contributed by atoms with Crippen molar-refractivity contribution in [1.29, 1.82) is 0 Å². The van der Waals surface area contributed by atoms with Gasteiger partial charge in [-0.1, -0.05) is 12.1 Å². The number of methoxy groups -OCH3 is 1. The average molecular weight is 219 g/mol. The molecule has 0 aliphatic carbocycles. The molecule has 4 heteroatoms. The van der Waals surface area contributed by atoms with Crippen LogP contribution in [0, 0.1) is 0 Å². The number of ketones is 1. The molecule has 0 bridgehead atoms. The number of carbonyl (C=O) groups excluding carboxylic acids is 2. The monoisotopic (exact) mass is 219 g/mol. The van der Waals surface area contributed by atoms with Crippen LogP contribution in [-0.2, 0) is 20.9 Å². The van der Waals surface area contributed by atoms with Crippen LogP contribution < -0.4 is 4.90 Å². The largest absolute Gasteiger partial charge is 0.380 e. The third-order valence-electron chi connectivity index (χ3n) is 2.58. The smallest absolute Gasteiger partial charge is 0.294 e. The van der Waals surface area contributed by atoms with Crippen molar-refractivity contribution in [2.75, 3.05) is 18.6 Å². The van der Waals surface area contributed by atoms with Gasteiger partial charge in [0.1, 0.15) is 0 Å². The molecule has 1 aromatic carbocycles. The first-order valence-electron chi connectivity index (χ1n) is 5.15. The van der Waals surface area contributed by atoms with Gasteiger partial charge in [0.15, 0.2) is 0 Å². The highest BCUT2D eigenvalue weighted by Crippen LogP contribution is 2.21. The number of amides is 1. The lowest BCUT2D eigenvalue weighted by Gasteiger charge is -2.15. The Morgan fingerprint density at radius 3 is 2.81 bits per heavy atom. The van der Waals surface area contributed by atoms with E-state index in [1.807, 2.05) is 24.3 Å². The summed E-state index contributed by atoms with van der Waals surface area (Å²) < 4.78 is 5.02. The Morgan fingerprint density at radius 1 is 1.38 bits per heavy atom. The maximum absolute atomic E-state index is 11.5. The van der Waals surface area contributed by atoms with Gasteiger partial charge in [-0.15, -0.1) is 0 Å². The van der Waals surface area contributed by atoms with E-state index in [9.17, 15) is 9.59 Å². The fraction of sp³-hybridized carbons (Fsp3) is 0.333. The third kappa shape index (κ3) is 1.97. The summed E-state index contributed by atoms with van der Waals surface area (Å²) in [6.45, 7) is 0.984. The second-order valence-electron chi connectivity index (χ2n) is 3.73. The van der Waals surface area contributed by atoms with Crippen molar-refractivity contribution in [1.82, 2.24) is 0 Å². The Balaban J connectivity index is 2.23. The summed E-state index contributed by atoms with van der Waals surface area (Å²) in [6, 6.07) is 7.49. The summed E-state index contributed by atoms with van der Waals surface area (Å²) in [5.74, 6) is -0.716. The van der Waals surface area contributed by atoms with E-state index in [-0.39, 0.29) is 5.78 Å². The topological polar surface area (TPSA) is 46.6 Å². The highest BCUT2D eigenvalue weighted by Gasteiger charge is 2.30. The lowest BCUT2D eigenvalue weighted by Crippen LogP contribution is -2.26. The lowest BCUT2D eigenvalue weighted by molar-refractivity contribution is -0.133. The molecule has 1 aliphatic rings. The molecule has 0 atom stereocenters. The molecule has 1 heterocycles. The Hall–Kier alpha value is -1.68. The zero-order valence-corrected chi connectivity index (χ0v) is 9.10. The van der Waals surface area contributed by atoms with Crippen LogP contribution in [0.25, 0.3) is 0 Å². The minimum absolute atomic E-state index is 0.308. The van der Waals surface area contributed by atoms with Crippen molar-refractivity contribution in [2.45, 2.75) is 13.0 Å². The van der Waals surface area contributed by atoms with E-state index in [4.69, 9.17) is 4.74 Å². The average Bonchev–Trinajstić information content (AvgIpc) is 2.61. The molecule has 1 aromatic rings. The predicted octanol–water partition coefficient (Wildman–Crippen LogP) is 1.14. The van der Waals surface area contributed by atoms with E-state index in [1.165, 1.54) is 4.90 Å². The van der Waals surface area contributed by atoms with Gasteiger partial charge in [0.05, 0.1) is 6.61 Å². The van der Waals surface area contributed by atoms with Gasteiger partial charge in [0.2, 0.25) is 5.78 Å². The number of rotatable bonds is 3. The summed E-state index contributed by atoms with van der Waals surface area (Å²) >= 11 is 0. The number of carbonyl (C=O) groups is 2. The normalized spacial score (nSPS) is 15.9. The van der Waals surface area contributed by atoms with Crippen molar-refractivity contribution in [3.05, 3.63) is 29.8 Å². The van der Waals surface area contributed by atoms with E-state index in [2.05, 4.69) is 0 Å². The molecule has 16 heavy (non-hydrogen) atoms. The van der Waals surface area contributed by atoms with Gasteiger partial charge < -0.3 is 9.64 Å². The zero-order chi connectivity index (χ0) is 11.5. The molecule has 84 valence electrons. The fourth-order valence-electron chi connectivity index (χ4n) is 1.80. The minimum atomic E-state index is -0.408. The number of ether oxygens (including phenoxy) is 1. The van der Waals surface area contributed by atoms with E-state index in [0.29, 0.717) is 19.6 Å². The van der Waals surface area contributed by atoms with E-state index >= 15 is 0 Å². The van der Waals surface area contributed by atoms with Gasteiger partial charge in [-0.2, -0.15) is 0 Å². The molecule has 1 aliphatic heterocycles. The third-order valence-corrected chi connectivity index (χ3v) is 2.58. The van der Waals surface area contributed by atoms with Crippen LogP contribution in [0.4, 0.5) is 5.69 Å². The zero-order valence-electron chi connectivity index (χ0n) is 9.10. The van der Waals surface area contributed by atoms with Crippen molar-refractivity contribution in [3.8, 4) is 0 Å². The Morgan fingerprint density at radius 2 is 2.19 bits per heavy atom. The number of nitrogens with zero attached hydrogens (tertiary/aromatic N) is 1. The van der Waals surface area contributed by atoms with Crippen LogP contribution in [0.15, 0.2) is 24.3 Å². The maximum Gasteiger partial charge on any atom is 0.294 e. The molecule has 1 amide bonds. The van der Waals surface area contributed by atoms with E-state index in [0.717, 1.165) is 11.3 Å². The molecule has 0 aromatic heterocycles. The molecule has 0 unspecified atom stereocenters. The molecular weight excluding hydrogens is 206 g/mol. The molecule has 1 fully saturated rings. The van der Waals surface area contributed by atoms with Crippen molar-refractivity contribution in [2.24, 2.45) is 0 Å². The van der Waals surface area contributed by atoms with Gasteiger partial charge in [-0.3, -0.25) is 9.59 Å². The van der Waals surface area contributed by atoms with Gasteiger partial charge in [-0.25, -0.2) is 0 Å². The number of benzene rings is 1. The number of hydrogen-bond donors (Lipinski definition) is 0. The van der Waals surface area contributed by atoms with Gasteiger partial charge in [0.25, 0.3) is 5.91 Å². The summed E-state index contributed by atoms with van der Waals surface area (Å²) in [5.41, 5.74) is 1.76. The van der Waals surface area contributed by atoms with Crippen LogP contribution in [0.2, 0.25) is 0 Å². The molecule has 0 N–H and O–H groups in total. The first-order chi connectivity index (χ1) is 7.72. The Bertz CT molecular complexity index is 428. The molecular formula is C12H13NO3. The standard InChI is InChI=1S/C12H13NO3/c1-16-8-9-3-2-4-10(7-9)13-6-5-11(14)12(13)15/h2-4,7H,5-6,8H2,1H3. The highest BCUT2D eigenvalue weighted by atomic mass is 16.5. The first kappa shape index (κ1) is 10.8. The second-order valence-corrected chi connectivity index (χ2v) is 3.73. The minimum Gasteiger partial charge on any atom is -0.380 e. The Labute approximate surface area is 93.8 Å². The Kier molecular flexibility index (Phi) is 3.01. The quantitative estimate of drug-likeness (QED) is 0.716. The van der Waals surface area contributed by atoms with Gasteiger partial charge >= 0.3 is 0 Å². The fourth-order valence-corrected chi connectivity index (χ4v) is 1.80. The second kappa shape index (κ2) is 4.45. The van der Waals surface area contributed by atoms with E-state index in [1.54, 1.807) is 7.11 Å². The first-order valence-corrected chi connectivity index (χ1v) is 5.15. The molecule has 0 spiro atoms. The number of Topliss-reactive ketones (excluding diaryl/α,β-unsaturated/α-hetero) is 1. The van der Waals surface area contributed by atoms with Gasteiger partial charge in [0, 0.05) is 25.8 Å². The van der Waals surface area contributed by atoms with E-state index < -0.39 is 5.91 Å².